The Morgan fingerprint density at radius 3 is 2.71 bits per heavy atom. The first-order valence-corrected chi connectivity index (χ1v) is 8.17. The van der Waals surface area contributed by atoms with Crippen molar-refractivity contribution in [3.63, 3.8) is 0 Å². The van der Waals surface area contributed by atoms with Crippen LogP contribution in [0.1, 0.15) is 12.0 Å². The molecular weight excluding hydrogens is 351 g/mol. The van der Waals surface area contributed by atoms with Gasteiger partial charge in [-0.3, -0.25) is 4.57 Å². The van der Waals surface area contributed by atoms with Crippen molar-refractivity contribution in [2.45, 2.75) is 13.0 Å². The maximum atomic E-state index is 12.2. The van der Waals surface area contributed by atoms with Crippen LogP contribution in [0, 0.1) is 0 Å². The van der Waals surface area contributed by atoms with E-state index >= 15 is 0 Å². The molecule has 126 valence electrons. The van der Waals surface area contributed by atoms with Crippen molar-refractivity contribution >= 4 is 40.3 Å². The third-order valence-electron chi connectivity index (χ3n) is 3.44. The summed E-state index contributed by atoms with van der Waals surface area (Å²) in [6.07, 6.45) is 2.39. The van der Waals surface area contributed by atoms with Crippen molar-refractivity contribution in [3.8, 4) is 0 Å². The summed E-state index contributed by atoms with van der Waals surface area (Å²) >= 11 is 12.0. The number of benzene rings is 1. The van der Waals surface area contributed by atoms with Crippen molar-refractivity contribution in [2.24, 2.45) is 5.73 Å². The molecule has 0 bridgehead atoms. The predicted molar refractivity (Wildman–Crippen MR) is 95.9 cm³/mol. The van der Waals surface area contributed by atoms with E-state index in [4.69, 9.17) is 28.9 Å². The summed E-state index contributed by atoms with van der Waals surface area (Å²) in [6, 6.07) is 5.17. The summed E-state index contributed by atoms with van der Waals surface area (Å²) in [4.78, 5) is 23.6. The molecule has 1 aromatic carbocycles. The maximum Gasteiger partial charge on any atom is 0.328 e. The monoisotopic (exact) mass is 366 g/mol. The van der Waals surface area contributed by atoms with Gasteiger partial charge in [-0.05, 0) is 36.7 Å². The number of rotatable bonds is 6. The lowest BCUT2D eigenvalue weighted by molar-refractivity contribution is 0.777. The second kappa shape index (κ2) is 7.21. The Morgan fingerprint density at radius 1 is 1.25 bits per heavy atom. The number of nitrogens with zero attached hydrogens (tertiary/aromatic N) is 3. The molecule has 24 heavy (non-hydrogen) atoms. The molecule has 0 atom stereocenters. The van der Waals surface area contributed by atoms with Gasteiger partial charge in [0.1, 0.15) is 5.52 Å². The number of halogens is 2. The van der Waals surface area contributed by atoms with Crippen molar-refractivity contribution < 1.29 is 0 Å². The van der Waals surface area contributed by atoms with Crippen LogP contribution in [0.4, 0.5) is 5.95 Å². The van der Waals surface area contributed by atoms with E-state index in [0.717, 1.165) is 12.0 Å². The Hall–Kier alpha value is -2.09. The number of hydrogen-bond acceptors (Lipinski definition) is 5. The van der Waals surface area contributed by atoms with E-state index in [9.17, 15) is 4.79 Å². The molecule has 3 aromatic rings. The minimum Gasteiger partial charge on any atom is -0.354 e. The minimum absolute atomic E-state index is 0.269. The molecule has 0 amide bonds. The summed E-state index contributed by atoms with van der Waals surface area (Å²) in [5.74, 6) is 0.452. The first-order chi connectivity index (χ1) is 11.6. The Balaban J connectivity index is 1.95. The van der Waals surface area contributed by atoms with Gasteiger partial charge in [0.25, 0.3) is 0 Å². The van der Waals surface area contributed by atoms with E-state index in [0.29, 0.717) is 46.8 Å². The van der Waals surface area contributed by atoms with Crippen molar-refractivity contribution in [2.75, 3.05) is 18.4 Å². The molecule has 0 saturated carbocycles. The fourth-order valence-corrected chi connectivity index (χ4v) is 2.94. The predicted octanol–water partition coefficient (Wildman–Crippen LogP) is 2.24. The van der Waals surface area contributed by atoms with Gasteiger partial charge in [0, 0.05) is 16.6 Å². The molecule has 0 fully saturated rings. The van der Waals surface area contributed by atoms with Crippen LogP contribution in [0.25, 0.3) is 11.2 Å². The van der Waals surface area contributed by atoms with Gasteiger partial charge in [-0.1, -0.05) is 23.2 Å². The van der Waals surface area contributed by atoms with E-state index in [2.05, 4.69) is 20.3 Å². The minimum atomic E-state index is -0.269. The molecule has 0 saturated heterocycles. The van der Waals surface area contributed by atoms with Crippen LogP contribution in [-0.4, -0.2) is 32.6 Å². The molecule has 4 N–H and O–H groups in total. The molecular formula is C15H16Cl2N6O. The number of aromatic amines is 1. The normalized spacial score (nSPS) is 11.1. The number of imidazole rings is 1. The van der Waals surface area contributed by atoms with Gasteiger partial charge in [-0.2, -0.15) is 4.98 Å². The summed E-state index contributed by atoms with van der Waals surface area (Å²) in [7, 11) is 0. The highest BCUT2D eigenvalue weighted by molar-refractivity contribution is 6.34. The van der Waals surface area contributed by atoms with E-state index in [1.54, 1.807) is 24.4 Å². The first kappa shape index (κ1) is 16.8. The summed E-state index contributed by atoms with van der Waals surface area (Å²) < 4.78 is 1.52. The van der Waals surface area contributed by atoms with Gasteiger partial charge in [-0.25, -0.2) is 9.78 Å². The molecule has 0 unspecified atom stereocenters. The summed E-state index contributed by atoms with van der Waals surface area (Å²) in [6.45, 7) is 1.55. The topological polar surface area (TPSA) is 102 Å². The lowest BCUT2D eigenvalue weighted by Gasteiger charge is -2.06. The van der Waals surface area contributed by atoms with Crippen LogP contribution in [0.5, 0.6) is 0 Å². The lowest BCUT2D eigenvalue weighted by Crippen LogP contribution is -2.18. The van der Waals surface area contributed by atoms with Gasteiger partial charge >= 0.3 is 5.69 Å². The zero-order chi connectivity index (χ0) is 17.1. The molecule has 0 aliphatic heterocycles. The van der Waals surface area contributed by atoms with Crippen LogP contribution < -0.4 is 16.7 Å². The highest BCUT2D eigenvalue weighted by Crippen LogP contribution is 2.20. The second-order valence-corrected chi connectivity index (χ2v) is 6.17. The van der Waals surface area contributed by atoms with Gasteiger partial charge in [0.05, 0.1) is 12.7 Å². The Morgan fingerprint density at radius 2 is 2.00 bits per heavy atom. The van der Waals surface area contributed by atoms with E-state index in [1.807, 2.05) is 0 Å². The fraction of sp³-hybridized carbons (Fsp3) is 0.267. The molecule has 0 radical (unpaired) electrons. The van der Waals surface area contributed by atoms with E-state index in [1.165, 1.54) is 4.57 Å². The number of aromatic nitrogens is 4. The average Bonchev–Trinajstić information content (AvgIpc) is 2.82. The maximum absolute atomic E-state index is 12.2. The highest BCUT2D eigenvalue weighted by atomic mass is 35.5. The van der Waals surface area contributed by atoms with E-state index < -0.39 is 0 Å². The molecule has 0 spiro atoms. The highest BCUT2D eigenvalue weighted by Gasteiger charge is 2.11. The lowest BCUT2D eigenvalue weighted by atomic mass is 10.2. The van der Waals surface area contributed by atoms with Gasteiger partial charge in [-0.15, -0.1) is 0 Å². The fourth-order valence-electron chi connectivity index (χ4n) is 2.36. The molecule has 2 heterocycles. The number of anilines is 1. The average molecular weight is 367 g/mol. The molecule has 9 heteroatoms. The Kier molecular flexibility index (Phi) is 5.03. The molecule has 7 nitrogen and oxygen atoms in total. The Labute approximate surface area is 147 Å². The van der Waals surface area contributed by atoms with Crippen LogP contribution in [0.3, 0.4) is 0 Å². The number of nitrogens with one attached hydrogen (secondary N) is 2. The smallest absolute Gasteiger partial charge is 0.328 e. The number of fused-ring (bicyclic) bond motifs is 1. The van der Waals surface area contributed by atoms with Gasteiger partial charge < -0.3 is 16.0 Å². The van der Waals surface area contributed by atoms with Crippen LogP contribution in [0.15, 0.2) is 29.2 Å². The SMILES string of the molecule is NCCCNc1ncc2[nH]c(=O)n(Cc3cc(Cl)cc(Cl)c3)c2n1. The zero-order valence-corrected chi connectivity index (χ0v) is 14.2. The molecule has 3 rings (SSSR count). The van der Waals surface area contributed by atoms with Crippen LogP contribution in [-0.2, 0) is 6.54 Å². The number of hydrogen-bond donors (Lipinski definition) is 3. The number of nitrogens with two attached hydrogens (primary N) is 1. The third kappa shape index (κ3) is 3.69. The summed E-state index contributed by atoms with van der Waals surface area (Å²) in [5, 5.41) is 4.12. The van der Waals surface area contributed by atoms with Gasteiger partial charge in [0.15, 0.2) is 5.65 Å². The van der Waals surface area contributed by atoms with Gasteiger partial charge in [0.2, 0.25) is 5.95 Å². The van der Waals surface area contributed by atoms with Crippen LogP contribution in [0.2, 0.25) is 10.0 Å². The van der Waals surface area contributed by atoms with Crippen molar-refractivity contribution in [1.29, 1.82) is 0 Å². The van der Waals surface area contributed by atoms with Crippen molar-refractivity contribution in [1.82, 2.24) is 19.5 Å². The standard InChI is InChI=1S/C15H16Cl2N6O/c16-10-4-9(5-11(17)6-10)8-23-13-12(21-15(23)24)7-20-14(22-13)19-3-1-2-18/h4-7H,1-3,8,18H2,(H,21,24)(H,19,20,22). The largest absolute Gasteiger partial charge is 0.354 e. The number of H-pyrrole nitrogens is 1. The molecule has 0 aliphatic rings. The van der Waals surface area contributed by atoms with Crippen molar-refractivity contribution in [3.05, 3.63) is 50.5 Å². The first-order valence-electron chi connectivity index (χ1n) is 7.41. The van der Waals surface area contributed by atoms with Crippen LogP contribution >= 0.6 is 23.2 Å². The van der Waals surface area contributed by atoms with E-state index in [-0.39, 0.29) is 5.69 Å². The molecule has 2 aromatic heterocycles. The second-order valence-electron chi connectivity index (χ2n) is 5.29. The summed E-state index contributed by atoms with van der Waals surface area (Å²) in [5.41, 5.74) is 7.09. The quantitative estimate of drug-likeness (QED) is 0.580. The zero-order valence-electron chi connectivity index (χ0n) is 12.7. The molecule has 0 aliphatic carbocycles. The Bertz CT molecular complexity index is 900. The third-order valence-corrected chi connectivity index (χ3v) is 3.87.